The highest BCUT2D eigenvalue weighted by atomic mass is 16.5. The summed E-state index contributed by atoms with van der Waals surface area (Å²) in [6.07, 6.45) is 1.51. The van der Waals surface area contributed by atoms with Gasteiger partial charge in [0.1, 0.15) is 17.4 Å². The smallest absolute Gasteiger partial charge is 0.291 e. The van der Waals surface area contributed by atoms with E-state index in [2.05, 4.69) is 0 Å². The number of aryl methyl sites for hydroxylation is 1. The van der Waals surface area contributed by atoms with Crippen LogP contribution in [0.15, 0.2) is 71.3 Å². The predicted molar refractivity (Wildman–Crippen MR) is 109 cm³/mol. The molecule has 2 heterocycles. The highest BCUT2D eigenvalue weighted by molar-refractivity contribution is 6.44. The number of ketones is 2. The minimum Gasteiger partial charge on any atom is -0.497 e. The molecule has 3 aromatic rings. The minimum atomic E-state index is -1.14. The number of methoxy groups -OCH3 is 1. The first-order valence-electron chi connectivity index (χ1n) is 9.61. The third-order valence-electron chi connectivity index (χ3n) is 5.37. The van der Waals surface area contributed by atoms with Crippen LogP contribution in [0.2, 0.25) is 0 Å². The Morgan fingerprint density at radius 1 is 1.07 bits per heavy atom. The molecule has 1 fully saturated rings. The number of carbonyl (C=O) groups is 3. The molecule has 0 aliphatic carbocycles. The highest BCUT2D eigenvalue weighted by Crippen LogP contribution is 2.40. The van der Waals surface area contributed by atoms with Crippen LogP contribution in [0, 0.1) is 12.8 Å². The lowest BCUT2D eigenvalue weighted by Gasteiger charge is -2.26. The number of benzene rings is 2. The lowest BCUT2D eigenvalue weighted by atomic mass is 9.86. The number of hydrogen-bond donors (Lipinski definition) is 0. The fourth-order valence-electron chi connectivity index (χ4n) is 3.82. The molecule has 0 saturated carbocycles. The number of ether oxygens (including phenoxy) is 1. The molecule has 30 heavy (non-hydrogen) atoms. The number of furan rings is 1. The van der Waals surface area contributed by atoms with Gasteiger partial charge in [0, 0.05) is 5.56 Å². The summed E-state index contributed by atoms with van der Waals surface area (Å²) in [6, 6.07) is 16.8. The molecule has 2 aromatic carbocycles. The molecule has 0 bridgehead atoms. The summed E-state index contributed by atoms with van der Waals surface area (Å²) in [5.74, 6) is -1.79. The lowest BCUT2D eigenvalue weighted by molar-refractivity contribution is -0.141. The second-order valence-electron chi connectivity index (χ2n) is 7.31. The number of Topliss-reactive ketones (excluding diaryl/α,β-unsaturated/α-hetero) is 2. The van der Waals surface area contributed by atoms with Crippen molar-refractivity contribution in [2.45, 2.75) is 19.5 Å². The molecule has 6 heteroatoms. The number of nitrogens with zero attached hydrogens (tertiary/aromatic N) is 1. The minimum absolute atomic E-state index is 0.0944. The van der Waals surface area contributed by atoms with Crippen LogP contribution in [-0.4, -0.2) is 29.5 Å². The normalized spacial score (nSPS) is 18.7. The summed E-state index contributed by atoms with van der Waals surface area (Å²) in [6.45, 7) is 2.01. The molecule has 1 amide bonds. The summed E-state index contributed by atoms with van der Waals surface area (Å²) in [7, 11) is 1.54. The van der Waals surface area contributed by atoms with E-state index in [-0.39, 0.29) is 12.3 Å². The summed E-state index contributed by atoms with van der Waals surface area (Å²) >= 11 is 0. The average molecular weight is 403 g/mol. The van der Waals surface area contributed by atoms with Crippen molar-refractivity contribution in [2.75, 3.05) is 7.11 Å². The molecule has 0 N–H and O–H groups in total. The van der Waals surface area contributed by atoms with Gasteiger partial charge in [0.05, 0.1) is 26.0 Å². The average Bonchev–Trinajstić information content (AvgIpc) is 3.36. The van der Waals surface area contributed by atoms with Crippen LogP contribution in [0.25, 0.3) is 0 Å². The molecule has 6 nitrogen and oxygen atoms in total. The zero-order chi connectivity index (χ0) is 21.3. The van der Waals surface area contributed by atoms with E-state index >= 15 is 0 Å². The van der Waals surface area contributed by atoms with E-state index in [4.69, 9.17) is 9.15 Å². The SMILES string of the molecule is COc1cccc(C2C(C(=O)c3ccc(C)cc3)C(=O)C(=O)N2Cc2ccco2)c1. The number of likely N-dealkylation sites (tertiary alicyclic amines) is 1. The number of amides is 1. The maximum absolute atomic E-state index is 13.3. The van der Waals surface area contributed by atoms with Gasteiger partial charge in [0.25, 0.3) is 5.91 Å². The molecule has 152 valence electrons. The van der Waals surface area contributed by atoms with Crippen molar-refractivity contribution in [2.24, 2.45) is 5.92 Å². The van der Waals surface area contributed by atoms with E-state index in [0.29, 0.717) is 22.6 Å². The van der Waals surface area contributed by atoms with Gasteiger partial charge in [0.2, 0.25) is 5.78 Å². The van der Waals surface area contributed by atoms with Crippen molar-refractivity contribution in [3.63, 3.8) is 0 Å². The Balaban J connectivity index is 1.79. The van der Waals surface area contributed by atoms with Crippen LogP contribution in [0.3, 0.4) is 0 Å². The fraction of sp³-hybridized carbons (Fsp3) is 0.208. The van der Waals surface area contributed by atoms with E-state index in [1.807, 2.05) is 19.1 Å². The van der Waals surface area contributed by atoms with Crippen molar-refractivity contribution in [3.05, 3.63) is 89.4 Å². The fourth-order valence-corrected chi connectivity index (χ4v) is 3.82. The summed E-state index contributed by atoms with van der Waals surface area (Å²) < 4.78 is 10.7. The second kappa shape index (κ2) is 7.99. The van der Waals surface area contributed by atoms with Crippen molar-refractivity contribution in [1.29, 1.82) is 0 Å². The molecular formula is C24H21NO5. The zero-order valence-corrected chi connectivity index (χ0v) is 16.7. The molecule has 1 saturated heterocycles. The van der Waals surface area contributed by atoms with Crippen LogP contribution < -0.4 is 4.74 Å². The Morgan fingerprint density at radius 3 is 2.50 bits per heavy atom. The molecule has 1 aliphatic heterocycles. The Morgan fingerprint density at radius 2 is 1.83 bits per heavy atom. The Hall–Kier alpha value is -3.67. The first kappa shape index (κ1) is 19.6. The predicted octanol–water partition coefficient (Wildman–Crippen LogP) is 3.75. The van der Waals surface area contributed by atoms with Crippen LogP contribution in [0.4, 0.5) is 0 Å². The number of rotatable bonds is 6. The van der Waals surface area contributed by atoms with Crippen LogP contribution >= 0.6 is 0 Å². The van der Waals surface area contributed by atoms with Crippen molar-refractivity contribution >= 4 is 17.5 Å². The number of hydrogen-bond acceptors (Lipinski definition) is 5. The zero-order valence-electron chi connectivity index (χ0n) is 16.7. The van der Waals surface area contributed by atoms with Crippen LogP contribution in [-0.2, 0) is 16.1 Å². The standard InChI is InChI=1S/C24H21NO5/c1-15-8-10-16(11-9-15)22(26)20-21(17-5-3-6-18(13-17)29-2)25(24(28)23(20)27)14-19-7-4-12-30-19/h3-13,20-21H,14H2,1-2H3. The largest absolute Gasteiger partial charge is 0.497 e. The summed E-state index contributed by atoms with van der Waals surface area (Å²) in [5, 5.41) is 0. The molecule has 2 atom stereocenters. The van der Waals surface area contributed by atoms with Gasteiger partial charge in [-0.25, -0.2) is 0 Å². The Kier molecular flexibility index (Phi) is 5.23. The monoisotopic (exact) mass is 403 g/mol. The topological polar surface area (TPSA) is 76.8 Å². The molecular weight excluding hydrogens is 382 g/mol. The Labute approximate surface area is 174 Å². The third-order valence-corrected chi connectivity index (χ3v) is 5.37. The molecule has 0 radical (unpaired) electrons. The molecule has 2 unspecified atom stereocenters. The third kappa shape index (κ3) is 3.52. The van der Waals surface area contributed by atoms with E-state index < -0.39 is 23.7 Å². The summed E-state index contributed by atoms with van der Waals surface area (Å²) in [5.41, 5.74) is 2.06. The molecule has 4 rings (SSSR count). The maximum Gasteiger partial charge on any atom is 0.291 e. The van der Waals surface area contributed by atoms with E-state index in [9.17, 15) is 14.4 Å². The maximum atomic E-state index is 13.3. The van der Waals surface area contributed by atoms with Crippen LogP contribution in [0.1, 0.15) is 33.3 Å². The van der Waals surface area contributed by atoms with Crippen LogP contribution in [0.5, 0.6) is 5.75 Å². The molecule has 0 spiro atoms. The molecule has 1 aliphatic rings. The van der Waals surface area contributed by atoms with Gasteiger partial charge in [-0.3, -0.25) is 14.4 Å². The summed E-state index contributed by atoms with van der Waals surface area (Å²) in [4.78, 5) is 40.7. The first-order valence-corrected chi connectivity index (χ1v) is 9.61. The van der Waals surface area contributed by atoms with E-state index in [1.165, 1.54) is 11.2 Å². The second-order valence-corrected chi connectivity index (χ2v) is 7.31. The van der Waals surface area contributed by atoms with E-state index in [0.717, 1.165) is 5.56 Å². The lowest BCUT2D eigenvalue weighted by Crippen LogP contribution is -2.30. The Bertz CT molecular complexity index is 1090. The van der Waals surface area contributed by atoms with Gasteiger partial charge < -0.3 is 14.1 Å². The van der Waals surface area contributed by atoms with Gasteiger partial charge in [-0.05, 0) is 36.8 Å². The quantitative estimate of drug-likeness (QED) is 0.356. The van der Waals surface area contributed by atoms with Crippen molar-refractivity contribution in [1.82, 2.24) is 4.90 Å². The molecule has 1 aromatic heterocycles. The van der Waals surface area contributed by atoms with Gasteiger partial charge >= 0.3 is 0 Å². The van der Waals surface area contributed by atoms with Gasteiger partial charge in [-0.1, -0.05) is 42.0 Å². The van der Waals surface area contributed by atoms with Gasteiger partial charge in [0.15, 0.2) is 5.78 Å². The van der Waals surface area contributed by atoms with Gasteiger partial charge in [-0.15, -0.1) is 0 Å². The van der Waals surface area contributed by atoms with Crippen molar-refractivity contribution < 1.29 is 23.5 Å². The van der Waals surface area contributed by atoms with Crippen molar-refractivity contribution in [3.8, 4) is 5.75 Å². The first-order chi connectivity index (χ1) is 14.5. The van der Waals surface area contributed by atoms with E-state index in [1.54, 1.807) is 55.6 Å². The highest BCUT2D eigenvalue weighted by Gasteiger charge is 2.51. The van der Waals surface area contributed by atoms with Gasteiger partial charge in [-0.2, -0.15) is 0 Å². The number of carbonyl (C=O) groups excluding carboxylic acids is 3.